The summed E-state index contributed by atoms with van der Waals surface area (Å²) in [6, 6.07) is 0. The molecule has 1 fully saturated rings. The predicted molar refractivity (Wildman–Crippen MR) is 56.1 cm³/mol. The van der Waals surface area contributed by atoms with E-state index in [0.717, 1.165) is 45.2 Å². The number of piperidine rings is 1. The van der Waals surface area contributed by atoms with Crippen LogP contribution in [0.3, 0.4) is 0 Å². The molecule has 14 heavy (non-hydrogen) atoms. The van der Waals surface area contributed by atoms with Crippen LogP contribution in [0.15, 0.2) is 0 Å². The lowest BCUT2D eigenvalue weighted by molar-refractivity contribution is -0.112. The lowest BCUT2D eigenvalue weighted by Gasteiger charge is -2.34. The van der Waals surface area contributed by atoms with Crippen LogP contribution in [0.4, 0.5) is 0 Å². The second-order valence-corrected chi connectivity index (χ2v) is 4.60. The van der Waals surface area contributed by atoms with Crippen molar-refractivity contribution >= 4 is 6.29 Å². The minimum atomic E-state index is -0.575. The number of carbonyl (C=O) groups is 1. The van der Waals surface area contributed by atoms with Gasteiger partial charge in [0.25, 0.3) is 0 Å². The van der Waals surface area contributed by atoms with Crippen molar-refractivity contribution in [3.8, 4) is 0 Å². The van der Waals surface area contributed by atoms with E-state index in [1.807, 2.05) is 13.8 Å². The maximum atomic E-state index is 10.5. The molecule has 0 aliphatic carbocycles. The van der Waals surface area contributed by atoms with Gasteiger partial charge in [-0.25, -0.2) is 0 Å². The fourth-order valence-corrected chi connectivity index (χ4v) is 1.84. The number of nitrogens with zero attached hydrogens (tertiary/aromatic N) is 1. The normalized spacial score (nSPS) is 24.5. The van der Waals surface area contributed by atoms with Crippen LogP contribution in [0.2, 0.25) is 0 Å². The Morgan fingerprint density at radius 1 is 1.50 bits per heavy atom. The molecule has 0 spiro atoms. The van der Waals surface area contributed by atoms with Gasteiger partial charge in [0, 0.05) is 12.5 Å². The first-order valence-corrected chi connectivity index (χ1v) is 5.47. The van der Waals surface area contributed by atoms with E-state index in [1.165, 1.54) is 0 Å². The number of likely N-dealkylation sites (tertiary alicyclic amines) is 1. The van der Waals surface area contributed by atoms with Crippen LogP contribution < -0.4 is 0 Å². The molecule has 1 aliphatic rings. The molecule has 0 amide bonds. The summed E-state index contributed by atoms with van der Waals surface area (Å²) < 4.78 is 0. The van der Waals surface area contributed by atoms with Gasteiger partial charge in [0.1, 0.15) is 6.29 Å². The summed E-state index contributed by atoms with van der Waals surface area (Å²) in [4.78, 5) is 12.8. The van der Waals surface area contributed by atoms with Crippen molar-refractivity contribution in [1.82, 2.24) is 4.90 Å². The Morgan fingerprint density at radius 2 is 2.07 bits per heavy atom. The van der Waals surface area contributed by atoms with Crippen LogP contribution in [-0.4, -0.2) is 41.5 Å². The highest BCUT2D eigenvalue weighted by molar-refractivity contribution is 5.53. The molecular formula is C11H21NO2. The van der Waals surface area contributed by atoms with Crippen molar-refractivity contribution in [2.75, 3.05) is 19.6 Å². The van der Waals surface area contributed by atoms with E-state index >= 15 is 0 Å². The molecule has 1 heterocycles. The van der Waals surface area contributed by atoms with Gasteiger partial charge in [-0.2, -0.15) is 0 Å². The maximum absolute atomic E-state index is 10.5. The average molecular weight is 199 g/mol. The zero-order valence-corrected chi connectivity index (χ0v) is 9.20. The van der Waals surface area contributed by atoms with Gasteiger partial charge in [0.2, 0.25) is 0 Å². The van der Waals surface area contributed by atoms with Crippen LogP contribution >= 0.6 is 0 Å². The van der Waals surface area contributed by atoms with Crippen LogP contribution in [0, 0.1) is 5.92 Å². The summed E-state index contributed by atoms with van der Waals surface area (Å²) >= 11 is 0. The summed E-state index contributed by atoms with van der Waals surface area (Å²) in [5.74, 6) is 0.248. The first-order chi connectivity index (χ1) is 6.57. The minimum absolute atomic E-state index is 0.248. The number of rotatable bonds is 4. The van der Waals surface area contributed by atoms with Crippen LogP contribution in [0.1, 0.15) is 33.1 Å². The van der Waals surface area contributed by atoms with Gasteiger partial charge >= 0.3 is 0 Å². The molecule has 3 nitrogen and oxygen atoms in total. The zero-order valence-electron chi connectivity index (χ0n) is 9.20. The molecule has 0 radical (unpaired) electrons. The molecule has 1 unspecified atom stereocenters. The Morgan fingerprint density at radius 3 is 2.50 bits per heavy atom. The molecule has 0 saturated carbocycles. The minimum Gasteiger partial charge on any atom is -0.389 e. The lowest BCUT2D eigenvalue weighted by Crippen LogP contribution is -2.44. The first-order valence-electron chi connectivity index (χ1n) is 5.47. The standard InChI is InChI=1S/C11H21NO2/c1-3-11(2,14)9-12-6-4-10(8-13)5-7-12/h8,10,14H,3-7,9H2,1-2H3. The van der Waals surface area contributed by atoms with E-state index in [2.05, 4.69) is 4.90 Å². The third-order valence-electron chi connectivity index (χ3n) is 3.15. The van der Waals surface area contributed by atoms with Crippen molar-refractivity contribution in [3.05, 3.63) is 0 Å². The Bertz CT molecular complexity index is 184. The van der Waals surface area contributed by atoms with Gasteiger partial charge in [0.15, 0.2) is 0 Å². The number of hydrogen-bond donors (Lipinski definition) is 1. The number of hydrogen-bond acceptors (Lipinski definition) is 3. The van der Waals surface area contributed by atoms with Gasteiger partial charge in [-0.05, 0) is 39.3 Å². The van der Waals surface area contributed by atoms with Gasteiger partial charge in [-0.1, -0.05) is 6.92 Å². The zero-order chi connectivity index (χ0) is 10.6. The smallest absolute Gasteiger partial charge is 0.123 e. The molecule has 0 aromatic rings. The Hall–Kier alpha value is -0.410. The highest BCUT2D eigenvalue weighted by Gasteiger charge is 2.25. The molecule has 0 bridgehead atoms. The number of β-amino-alcohol motifs (C(OH)–C–C–N with tert-alkyl or cyclic N) is 1. The summed E-state index contributed by atoms with van der Waals surface area (Å²) in [5.41, 5.74) is -0.575. The monoisotopic (exact) mass is 199 g/mol. The first kappa shape index (κ1) is 11.7. The van der Waals surface area contributed by atoms with Crippen molar-refractivity contribution in [2.45, 2.75) is 38.7 Å². The van der Waals surface area contributed by atoms with Crippen molar-refractivity contribution in [2.24, 2.45) is 5.92 Å². The Labute approximate surface area is 86.1 Å². The highest BCUT2D eigenvalue weighted by atomic mass is 16.3. The fraction of sp³-hybridized carbons (Fsp3) is 0.909. The summed E-state index contributed by atoms with van der Waals surface area (Å²) in [7, 11) is 0. The summed E-state index contributed by atoms with van der Waals surface area (Å²) in [5, 5.41) is 9.89. The number of carbonyl (C=O) groups excluding carboxylic acids is 1. The number of aliphatic hydroxyl groups is 1. The molecule has 0 aromatic heterocycles. The summed E-state index contributed by atoms with van der Waals surface area (Å²) in [6.45, 7) is 6.49. The Kier molecular flexibility index (Phi) is 4.08. The highest BCUT2D eigenvalue weighted by Crippen LogP contribution is 2.18. The lowest BCUT2D eigenvalue weighted by atomic mass is 9.96. The van der Waals surface area contributed by atoms with Crippen LogP contribution in [-0.2, 0) is 4.79 Å². The number of aldehydes is 1. The van der Waals surface area contributed by atoms with E-state index in [1.54, 1.807) is 0 Å². The van der Waals surface area contributed by atoms with Crippen molar-refractivity contribution < 1.29 is 9.90 Å². The second-order valence-electron chi connectivity index (χ2n) is 4.60. The van der Waals surface area contributed by atoms with Gasteiger partial charge in [-0.15, -0.1) is 0 Å². The van der Waals surface area contributed by atoms with Crippen molar-refractivity contribution in [3.63, 3.8) is 0 Å². The molecule has 1 saturated heterocycles. The second kappa shape index (κ2) is 4.89. The average Bonchev–Trinajstić information content (AvgIpc) is 2.19. The molecule has 1 N–H and O–H groups in total. The van der Waals surface area contributed by atoms with E-state index in [9.17, 15) is 9.90 Å². The van der Waals surface area contributed by atoms with Crippen molar-refractivity contribution in [1.29, 1.82) is 0 Å². The van der Waals surface area contributed by atoms with Gasteiger partial charge < -0.3 is 14.8 Å². The van der Waals surface area contributed by atoms with Crippen LogP contribution in [0.5, 0.6) is 0 Å². The molecule has 82 valence electrons. The Balaban J connectivity index is 2.32. The summed E-state index contributed by atoms with van der Waals surface area (Å²) in [6.07, 6.45) is 3.74. The van der Waals surface area contributed by atoms with E-state index < -0.39 is 5.60 Å². The van der Waals surface area contributed by atoms with E-state index in [-0.39, 0.29) is 5.92 Å². The quantitative estimate of drug-likeness (QED) is 0.688. The molecule has 0 aromatic carbocycles. The topological polar surface area (TPSA) is 40.5 Å². The predicted octanol–water partition coefficient (Wildman–Crippen LogP) is 1.06. The molecule has 3 heteroatoms. The van der Waals surface area contributed by atoms with Gasteiger partial charge in [0.05, 0.1) is 5.60 Å². The third kappa shape index (κ3) is 3.39. The van der Waals surface area contributed by atoms with Gasteiger partial charge in [-0.3, -0.25) is 0 Å². The van der Waals surface area contributed by atoms with Crippen LogP contribution in [0.25, 0.3) is 0 Å². The van der Waals surface area contributed by atoms with E-state index in [0.29, 0.717) is 0 Å². The van der Waals surface area contributed by atoms with E-state index in [4.69, 9.17) is 0 Å². The fourth-order valence-electron chi connectivity index (χ4n) is 1.84. The molecule has 1 atom stereocenters. The molecule has 1 rings (SSSR count). The SMILES string of the molecule is CCC(C)(O)CN1CCC(C=O)CC1. The maximum Gasteiger partial charge on any atom is 0.123 e. The molecular weight excluding hydrogens is 178 g/mol. The molecule has 1 aliphatic heterocycles. The third-order valence-corrected chi connectivity index (χ3v) is 3.15. The largest absolute Gasteiger partial charge is 0.389 e.